The van der Waals surface area contributed by atoms with Crippen LogP contribution in [0.5, 0.6) is 0 Å². The molecule has 1 atom stereocenters. The molecule has 2 saturated heterocycles. The Hall–Kier alpha value is -0.320. The van der Waals surface area contributed by atoms with E-state index in [4.69, 9.17) is 0 Å². The van der Waals surface area contributed by atoms with Gasteiger partial charge in [-0.2, -0.15) is 0 Å². The molecule has 2 fully saturated rings. The summed E-state index contributed by atoms with van der Waals surface area (Å²) in [5.41, 5.74) is 0. The highest BCUT2D eigenvalue weighted by atomic mass is 35.5. The molecule has 1 amide bonds. The maximum Gasteiger partial charge on any atom is 0.236 e. The predicted octanol–water partition coefficient (Wildman–Crippen LogP) is 0.714. The summed E-state index contributed by atoms with van der Waals surface area (Å²) in [5.74, 6) is 0.334. The molecule has 0 aromatic rings. The Balaban J connectivity index is 0.00000144. The van der Waals surface area contributed by atoms with Gasteiger partial charge in [-0.05, 0) is 39.3 Å². The van der Waals surface area contributed by atoms with Gasteiger partial charge in [0.1, 0.15) is 0 Å². The maximum absolute atomic E-state index is 12.0. The minimum Gasteiger partial charge on any atom is -0.342 e. The number of amides is 1. The molecule has 2 aliphatic rings. The van der Waals surface area contributed by atoms with Gasteiger partial charge in [-0.3, -0.25) is 9.69 Å². The van der Waals surface area contributed by atoms with Crippen LogP contribution in [0.25, 0.3) is 0 Å². The summed E-state index contributed by atoms with van der Waals surface area (Å²) in [4.78, 5) is 16.4. The van der Waals surface area contributed by atoms with Crippen LogP contribution >= 0.6 is 12.4 Å². The third-order valence-electron chi connectivity index (χ3n) is 3.74. The molecule has 1 N–H and O–H groups in total. The van der Waals surface area contributed by atoms with Crippen LogP contribution in [0.15, 0.2) is 0 Å². The molecule has 0 aliphatic carbocycles. The van der Waals surface area contributed by atoms with Crippen molar-refractivity contribution < 1.29 is 4.79 Å². The minimum atomic E-state index is 0. The molecule has 5 heteroatoms. The number of halogens is 1. The third kappa shape index (κ3) is 3.83. The first-order chi connectivity index (χ1) is 7.81. The molecule has 2 aliphatic heterocycles. The zero-order valence-electron chi connectivity index (χ0n) is 10.7. The first-order valence-electron chi connectivity index (χ1n) is 6.47. The SMILES string of the molecule is CNCC1CCCN1CC(=O)N1CCCC1.Cl. The lowest BCUT2D eigenvalue weighted by atomic mass is 10.2. The van der Waals surface area contributed by atoms with Crippen LogP contribution in [0.3, 0.4) is 0 Å². The summed E-state index contributed by atoms with van der Waals surface area (Å²) >= 11 is 0. The van der Waals surface area contributed by atoms with Crippen LogP contribution in [-0.2, 0) is 4.79 Å². The monoisotopic (exact) mass is 261 g/mol. The van der Waals surface area contributed by atoms with Gasteiger partial charge in [0, 0.05) is 25.7 Å². The fourth-order valence-corrected chi connectivity index (χ4v) is 2.81. The van der Waals surface area contributed by atoms with Crippen LogP contribution in [0.1, 0.15) is 25.7 Å². The molecule has 0 aromatic carbocycles. The summed E-state index contributed by atoms with van der Waals surface area (Å²) in [6, 6.07) is 0.566. The van der Waals surface area contributed by atoms with E-state index in [0.717, 1.165) is 26.2 Å². The highest BCUT2D eigenvalue weighted by Crippen LogP contribution is 2.17. The van der Waals surface area contributed by atoms with E-state index in [1.165, 1.54) is 25.7 Å². The van der Waals surface area contributed by atoms with Gasteiger partial charge >= 0.3 is 0 Å². The van der Waals surface area contributed by atoms with Crippen LogP contribution in [0.2, 0.25) is 0 Å². The topological polar surface area (TPSA) is 35.6 Å². The predicted molar refractivity (Wildman–Crippen MR) is 71.6 cm³/mol. The second-order valence-electron chi connectivity index (χ2n) is 4.91. The van der Waals surface area contributed by atoms with Gasteiger partial charge in [0.25, 0.3) is 0 Å². The quantitative estimate of drug-likeness (QED) is 0.810. The van der Waals surface area contributed by atoms with Crippen molar-refractivity contribution in [3.8, 4) is 0 Å². The first kappa shape index (κ1) is 14.7. The lowest BCUT2D eigenvalue weighted by molar-refractivity contribution is -0.131. The summed E-state index contributed by atoms with van der Waals surface area (Å²) in [5, 5.41) is 3.22. The molecule has 2 heterocycles. The van der Waals surface area contributed by atoms with Gasteiger partial charge in [0.05, 0.1) is 6.54 Å². The number of nitrogens with one attached hydrogen (secondary N) is 1. The zero-order chi connectivity index (χ0) is 11.4. The smallest absolute Gasteiger partial charge is 0.236 e. The van der Waals surface area contributed by atoms with E-state index in [9.17, 15) is 4.79 Å². The van der Waals surface area contributed by atoms with Crippen LogP contribution in [0.4, 0.5) is 0 Å². The van der Waals surface area contributed by atoms with Gasteiger partial charge in [0.2, 0.25) is 5.91 Å². The van der Waals surface area contributed by atoms with Crippen molar-refractivity contribution in [2.45, 2.75) is 31.7 Å². The average Bonchev–Trinajstić information content (AvgIpc) is 2.90. The second-order valence-corrected chi connectivity index (χ2v) is 4.91. The number of carbonyl (C=O) groups is 1. The zero-order valence-corrected chi connectivity index (χ0v) is 11.5. The molecule has 0 bridgehead atoms. The summed E-state index contributed by atoms with van der Waals surface area (Å²) in [6.07, 6.45) is 4.84. The van der Waals surface area contributed by atoms with Crippen molar-refractivity contribution in [1.29, 1.82) is 0 Å². The molecular weight excluding hydrogens is 238 g/mol. The number of hydrogen-bond donors (Lipinski definition) is 1. The number of rotatable bonds is 4. The molecule has 0 aromatic heterocycles. The lowest BCUT2D eigenvalue weighted by Gasteiger charge is -2.26. The number of likely N-dealkylation sites (N-methyl/N-ethyl adjacent to an activating group) is 1. The van der Waals surface area contributed by atoms with Crippen molar-refractivity contribution in [3.63, 3.8) is 0 Å². The van der Waals surface area contributed by atoms with Crippen molar-refractivity contribution in [2.24, 2.45) is 0 Å². The number of carbonyl (C=O) groups excluding carboxylic acids is 1. The largest absolute Gasteiger partial charge is 0.342 e. The van der Waals surface area contributed by atoms with Crippen molar-refractivity contribution in [3.05, 3.63) is 0 Å². The van der Waals surface area contributed by atoms with Gasteiger partial charge in [-0.15, -0.1) is 12.4 Å². The molecule has 100 valence electrons. The summed E-state index contributed by atoms with van der Waals surface area (Å²) < 4.78 is 0. The van der Waals surface area contributed by atoms with E-state index in [-0.39, 0.29) is 12.4 Å². The molecule has 17 heavy (non-hydrogen) atoms. The van der Waals surface area contributed by atoms with E-state index in [1.807, 2.05) is 11.9 Å². The van der Waals surface area contributed by atoms with Gasteiger partial charge in [-0.25, -0.2) is 0 Å². The molecule has 0 spiro atoms. The summed E-state index contributed by atoms with van der Waals surface area (Å²) in [7, 11) is 1.98. The molecular formula is C12H24ClN3O. The average molecular weight is 262 g/mol. The van der Waals surface area contributed by atoms with E-state index in [1.54, 1.807) is 0 Å². The van der Waals surface area contributed by atoms with Crippen molar-refractivity contribution in [2.75, 3.05) is 39.8 Å². The molecule has 0 saturated carbocycles. The Morgan fingerprint density at radius 3 is 2.59 bits per heavy atom. The van der Waals surface area contributed by atoms with Gasteiger partial charge < -0.3 is 10.2 Å². The third-order valence-corrected chi connectivity index (χ3v) is 3.74. The Kier molecular flexibility index (Phi) is 6.23. The molecule has 0 radical (unpaired) electrons. The second kappa shape index (κ2) is 7.19. The van der Waals surface area contributed by atoms with Crippen molar-refractivity contribution in [1.82, 2.24) is 15.1 Å². The Bertz CT molecular complexity index is 244. The van der Waals surface area contributed by atoms with Gasteiger partial charge in [0.15, 0.2) is 0 Å². The van der Waals surface area contributed by atoms with E-state index in [2.05, 4.69) is 10.2 Å². The Labute approximate surface area is 110 Å². The molecule has 4 nitrogen and oxygen atoms in total. The van der Waals surface area contributed by atoms with Crippen LogP contribution < -0.4 is 5.32 Å². The standard InChI is InChI=1S/C12H23N3O.ClH/c1-13-9-11-5-4-8-15(11)10-12(16)14-6-2-3-7-14;/h11,13H,2-10H2,1H3;1H. The first-order valence-corrected chi connectivity index (χ1v) is 6.47. The normalized spacial score (nSPS) is 25.0. The number of likely N-dealkylation sites (tertiary alicyclic amines) is 2. The highest BCUT2D eigenvalue weighted by molar-refractivity contribution is 5.85. The van der Waals surface area contributed by atoms with E-state index < -0.39 is 0 Å². The fourth-order valence-electron chi connectivity index (χ4n) is 2.81. The highest BCUT2D eigenvalue weighted by Gasteiger charge is 2.27. The fraction of sp³-hybridized carbons (Fsp3) is 0.917. The van der Waals surface area contributed by atoms with Gasteiger partial charge in [-0.1, -0.05) is 0 Å². The van der Waals surface area contributed by atoms with E-state index >= 15 is 0 Å². The Morgan fingerprint density at radius 2 is 1.94 bits per heavy atom. The maximum atomic E-state index is 12.0. The summed E-state index contributed by atoms with van der Waals surface area (Å²) in [6.45, 7) is 4.68. The van der Waals surface area contributed by atoms with E-state index in [0.29, 0.717) is 18.5 Å². The molecule has 1 unspecified atom stereocenters. The van der Waals surface area contributed by atoms with Crippen molar-refractivity contribution >= 4 is 18.3 Å². The van der Waals surface area contributed by atoms with Crippen LogP contribution in [-0.4, -0.2) is 61.5 Å². The molecule has 2 rings (SSSR count). The Morgan fingerprint density at radius 1 is 1.24 bits per heavy atom. The lowest BCUT2D eigenvalue weighted by Crippen LogP contribution is -2.44. The number of hydrogen-bond acceptors (Lipinski definition) is 3. The number of nitrogens with zero attached hydrogens (tertiary/aromatic N) is 2. The van der Waals surface area contributed by atoms with Crippen LogP contribution in [0, 0.1) is 0 Å². The minimum absolute atomic E-state index is 0.